The number of hydrogen-bond acceptors (Lipinski definition) is 2. The van der Waals surface area contributed by atoms with Gasteiger partial charge in [0.2, 0.25) is 5.91 Å². The maximum Gasteiger partial charge on any atom is 0.227 e. The summed E-state index contributed by atoms with van der Waals surface area (Å²) in [5, 5.41) is 3.37. The molecule has 0 bridgehead atoms. The van der Waals surface area contributed by atoms with Crippen molar-refractivity contribution in [1.29, 1.82) is 0 Å². The quantitative estimate of drug-likeness (QED) is 0.927. The van der Waals surface area contributed by atoms with Gasteiger partial charge < -0.3 is 10.2 Å². The second-order valence-electron chi connectivity index (χ2n) is 7.48. The second-order valence-corrected chi connectivity index (χ2v) is 7.48. The van der Waals surface area contributed by atoms with Crippen molar-refractivity contribution in [2.24, 2.45) is 5.92 Å². The van der Waals surface area contributed by atoms with Gasteiger partial charge in [-0.15, -0.1) is 0 Å². The minimum atomic E-state index is -0.129. The van der Waals surface area contributed by atoms with Gasteiger partial charge >= 0.3 is 0 Å². The Morgan fingerprint density at radius 1 is 1.30 bits per heavy atom. The Kier molecular flexibility index (Phi) is 3.88. The zero-order valence-electron chi connectivity index (χ0n) is 13.6. The highest BCUT2D eigenvalue weighted by Crippen LogP contribution is 2.53. The predicted octanol–water partition coefficient (Wildman–Crippen LogP) is 3.37. The normalized spacial score (nSPS) is 22.9. The number of rotatable bonds is 3. The average Bonchev–Trinajstić information content (AvgIpc) is 2.91. The number of nitrogens with zero attached hydrogens (tertiary/aromatic N) is 1. The molecule has 1 spiro atoms. The lowest BCUT2D eigenvalue weighted by Crippen LogP contribution is -2.41. The molecular weight excluding hydrogens is 291 g/mol. The van der Waals surface area contributed by atoms with Gasteiger partial charge in [0, 0.05) is 23.9 Å². The number of carbonyl (C=O) groups excluding carboxylic acids is 1. The van der Waals surface area contributed by atoms with E-state index in [4.69, 9.17) is 0 Å². The fourth-order valence-corrected chi connectivity index (χ4v) is 4.60. The van der Waals surface area contributed by atoms with E-state index in [1.807, 2.05) is 11.0 Å². The van der Waals surface area contributed by atoms with Crippen LogP contribution < -0.4 is 10.2 Å². The Hall–Kier alpha value is -1.42. The Morgan fingerprint density at radius 3 is 2.78 bits per heavy atom. The van der Waals surface area contributed by atoms with Gasteiger partial charge in [-0.05, 0) is 63.2 Å². The summed E-state index contributed by atoms with van der Waals surface area (Å²) >= 11 is 0. The van der Waals surface area contributed by atoms with E-state index in [2.05, 4.69) is 5.32 Å². The SMILES string of the molecule is O=C(CCC1CCNCC1)N1CC2(CCC2)c2c(F)cccc21. The van der Waals surface area contributed by atoms with E-state index >= 15 is 0 Å². The monoisotopic (exact) mass is 316 g/mol. The molecule has 1 saturated heterocycles. The van der Waals surface area contributed by atoms with E-state index in [-0.39, 0.29) is 17.1 Å². The first-order chi connectivity index (χ1) is 11.2. The lowest BCUT2D eigenvalue weighted by Gasteiger charge is -2.39. The first-order valence-electron chi connectivity index (χ1n) is 9.00. The molecule has 1 aromatic carbocycles. The molecule has 0 unspecified atom stereocenters. The van der Waals surface area contributed by atoms with E-state index in [0.29, 0.717) is 18.9 Å². The summed E-state index contributed by atoms with van der Waals surface area (Å²) in [7, 11) is 0. The highest BCUT2D eigenvalue weighted by atomic mass is 19.1. The lowest BCUT2D eigenvalue weighted by molar-refractivity contribution is -0.119. The lowest BCUT2D eigenvalue weighted by atomic mass is 9.65. The van der Waals surface area contributed by atoms with Gasteiger partial charge in [0.05, 0.1) is 5.69 Å². The fourth-order valence-electron chi connectivity index (χ4n) is 4.60. The third-order valence-electron chi connectivity index (χ3n) is 6.11. The first-order valence-corrected chi connectivity index (χ1v) is 9.00. The van der Waals surface area contributed by atoms with E-state index in [1.54, 1.807) is 12.1 Å². The van der Waals surface area contributed by atoms with Gasteiger partial charge in [0.25, 0.3) is 0 Å². The molecule has 2 heterocycles. The largest absolute Gasteiger partial charge is 0.317 e. The van der Waals surface area contributed by atoms with Crippen LogP contribution in [-0.2, 0) is 10.2 Å². The van der Waals surface area contributed by atoms with Crippen molar-refractivity contribution in [3.63, 3.8) is 0 Å². The number of piperidine rings is 1. The highest BCUT2D eigenvalue weighted by Gasteiger charge is 2.49. The van der Waals surface area contributed by atoms with E-state index in [9.17, 15) is 9.18 Å². The zero-order chi connectivity index (χ0) is 15.9. The van der Waals surface area contributed by atoms with Gasteiger partial charge in [-0.2, -0.15) is 0 Å². The Morgan fingerprint density at radius 2 is 2.09 bits per heavy atom. The van der Waals surface area contributed by atoms with Gasteiger partial charge in [-0.25, -0.2) is 4.39 Å². The van der Waals surface area contributed by atoms with Crippen molar-refractivity contribution in [3.8, 4) is 0 Å². The number of carbonyl (C=O) groups is 1. The zero-order valence-corrected chi connectivity index (χ0v) is 13.6. The van der Waals surface area contributed by atoms with Crippen molar-refractivity contribution < 1.29 is 9.18 Å². The number of halogens is 1. The number of anilines is 1. The van der Waals surface area contributed by atoms with Crippen LogP contribution >= 0.6 is 0 Å². The van der Waals surface area contributed by atoms with Crippen LogP contribution in [0.3, 0.4) is 0 Å². The summed E-state index contributed by atoms with van der Waals surface area (Å²) in [6.45, 7) is 2.83. The fraction of sp³-hybridized carbons (Fsp3) is 0.632. The number of fused-ring (bicyclic) bond motifs is 2. The average molecular weight is 316 g/mol. The summed E-state index contributed by atoms with van der Waals surface area (Å²) in [6.07, 6.45) is 7.07. The molecule has 1 N–H and O–H groups in total. The topological polar surface area (TPSA) is 32.3 Å². The Bertz CT molecular complexity index is 605. The van der Waals surface area contributed by atoms with E-state index < -0.39 is 0 Å². The van der Waals surface area contributed by atoms with Crippen molar-refractivity contribution >= 4 is 11.6 Å². The number of nitrogens with one attached hydrogen (secondary N) is 1. The van der Waals surface area contributed by atoms with Crippen LogP contribution in [0.5, 0.6) is 0 Å². The van der Waals surface area contributed by atoms with Crippen molar-refractivity contribution in [2.45, 2.75) is 50.4 Å². The first kappa shape index (κ1) is 15.1. The van der Waals surface area contributed by atoms with Crippen LogP contribution in [0.4, 0.5) is 10.1 Å². The number of amides is 1. The Balaban J connectivity index is 1.49. The van der Waals surface area contributed by atoms with Crippen LogP contribution in [0.1, 0.15) is 50.5 Å². The Labute approximate surface area is 137 Å². The van der Waals surface area contributed by atoms with Gasteiger partial charge in [0.15, 0.2) is 0 Å². The van der Waals surface area contributed by atoms with Gasteiger partial charge in [-0.3, -0.25) is 4.79 Å². The molecule has 4 rings (SSSR count). The smallest absolute Gasteiger partial charge is 0.227 e. The molecule has 2 fully saturated rings. The third-order valence-corrected chi connectivity index (χ3v) is 6.11. The molecule has 1 aromatic rings. The predicted molar refractivity (Wildman–Crippen MR) is 89.1 cm³/mol. The molecule has 0 radical (unpaired) electrons. The highest BCUT2D eigenvalue weighted by molar-refractivity contribution is 5.96. The van der Waals surface area contributed by atoms with Crippen molar-refractivity contribution in [1.82, 2.24) is 5.32 Å². The maximum absolute atomic E-state index is 14.4. The summed E-state index contributed by atoms with van der Waals surface area (Å²) < 4.78 is 14.4. The summed E-state index contributed by atoms with van der Waals surface area (Å²) in [5.41, 5.74) is 1.55. The minimum Gasteiger partial charge on any atom is -0.317 e. The molecule has 2 aliphatic heterocycles. The number of hydrogen-bond donors (Lipinski definition) is 1. The summed E-state index contributed by atoms with van der Waals surface area (Å²) in [5.74, 6) is 0.711. The van der Waals surface area contributed by atoms with Crippen LogP contribution in [0.2, 0.25) is 0 Å². The summed E-state index contributed by atoms with van der Waals surface area (Å²) in [6, 6.07) is 5.20. The second kappa shape index (κ2) is 5.90. The molecule has 0 aromatic heterocycles. The van der Waals surface area contributed by atoms with E-state index in [0.717, 1.165) is 50.0 Å². The maximum atomic E-state index is 14.4. The van der Waals surface area contributed by atoms with Crippen molar-refractivity contribution in [3.05, 3.63) is 29.6 Å². The molecule has 1 aliphatic carbocycles. The molecular formula is C19H25FN2O. The van der Waals surface area contributed by atoms with Crippen LogP contribution in [0, 0.1) is 11.7 Å². The molecule has 0 atom stereocenters. The van der Waals surface area contributed by atoms with Gasteiger partial charge in [0.1, 0.15) is 5.82 Å². The third kappa shape index (κ3) is 2.57. The molecule has 1 amide bonds. The number of benzene rings is 1. The molecule has 23 heavy (non-hydrogen) atoms. The van der Waals surface area contributed by atoms with Crippen LogP contribution in [0.15, 0.2) is 18.2 Å². The minimum absolute atomic E-state index is 0.0922. The molecule has 3 nitrogen and oxygen atoms in total. The summed E-state index contributed by atoms with van der Waals surface area (Å²) in [4.78, 5) is 14.7. The van der Waals surface area contributed by atoms with Gasteiger partial charge in [-0.1, -0.05) is 12.5 Å². The molecule has 4 heteroatoms. The van der Waals surface area contributed by atoms with Crippen LogP contribution in [-0.4, -0.2) is 25.5 Å². The molecule has 3 aliphatic rings. The van der Waals surface area contributed by atoms with Crippen LogP contribution in [0.25, 0.3) is 0 Å². The molecule has 1 saturated carbocycles. The van der Waals surface area contributed by atoms with Crippen molar-refractivity contribution in [2.75, 3.05) is 24.5 Å². The molecule has 124 valence electrons. The standard InChI is InChI=1S/C19H25FN2O/c20-15-3-1-4-16-18(15)19(9-2-10-19)13-22(16)17(23)6-5-14-7-11-21-12-8-14/h1,3-4,14,21H,2,5-13H2. The van der Waals surface area contributed by atoms with E-state index in [1.165, 1.54) is 12.8 Å².